The van der Waals surface area contributed by atoms with Crippen LogP contribution in [0, 0.1) is 17.6 Å². The fourth-order valence-corrected chi connectivity index (χ4v) is 2.76. The summed E-state index contributed by atoms with van der Waals surface area (Å²) in [5.41, 5.74) is 0.386. The van der Waals surface area contributed by atoms with Gasteiger partial charge in [-0.1, -0.05) is 6.07 Å². The molecule has 1 saturated heterocycles. The van der Waals surface area contributed by atoms with Crippen LogP contribution in [-0.2, 0) is 10.5 Å². The molecule has 3 nitrogen and oxygen atoms in total. The van der Waals surface area contributed by atoms with Gasteiger partial charge in [0.2, 0.25) is 5.91 Å². The monoisotopic (exact) mass is 286 g/mol. The predicted molar refractivity (Wildman–Crippen MR) is 71.4 cm³/mol. The zero-order chi connectivity index (χ0) is 13.7. The van der Waals surface area contributed by atoms with Crippen molar-refractivity contribution < 1.29 is 13.6 Å². The normalized spacial score (nSPS) is 16.3. The van der Waals surface area contributed by atoms with Crippen LogP contribution in [0.25, 0.3) is 0 Å². The highest BCUT2D eigenvalue weighted by molar-refractivity contribution is 7.97. The molecule has 0 bridgehead atoms. The Morgan fingerprint density at radius 3 is 2.79 bits per heavy atom. The molecule has 19 heavy (non-hydrogen) atoms. The highest BCUT2D eigenvalue weighted by Crippen LogP contribution is 2.17. The van der Waals surface area contributed by atoms with E-state index in [9.17, 15) is 13.6 Å². The van der Waals surface area contributed by atoms with Gasteiger partial charge in [-0.05, 0) is 49.5 Å². The average molecular weight is 286 g/mol. The smallest absolute Gasteiger partial charge is 0.233 e. The van der Waals surface area contributed by atoms with Crippen molar-refractivity contribution in [1.82, 2.24) is 10.0 Å². The molecule has 0 aliphatic carbocycles. The number of carbonyl (C=O) groups is 1. The van der Waals surface area contributed by atoms with E-state index in [1.165, 1.54) is 12.1 Å². The largest absolute Gasteiger partial charge is 0.317 e. The number of rotatable bonds is 4. The Morgan fingerprint density at radius 2 is 2.11 bits per heavy atom. The molecule has 2 N–H and O–H groups in total. The summed E-state index contributed by atoms with van der Waals surface area (Å²) >= 11 is 1.15. The second kappa shape index (κ2) is 6.86. The molecule has 0 radical (unpaired) electrons. The Morgan fingerprint density at radius 1 is 1.37 bits per heavy atom. The molecule has 1 aromatic rings. The summed E-state index contributed by atoms with van der Waals surface area (Å²) in [5, 5.41) is 3.19. The minimum Gasteiger partial charge on any atom is -0.317 e. The van der Waals surface area contributed by atoms with Crippen molar-refractivity contribution in [2.24, 2.45) is 5.92 Å². The summed E-state index contributed by atoms with van der Waals surface area (Å²) in [6.45, 7) is 1.71. The van der Waals surface area contributed by atoms with Gasteiger partial charge < -0.3 is 5.32 Å². The SMILES string of the molecule is O=C(NSCc1ccc(F)cc1F)C1CCNCC1. The van der Waals surface area contributed by atoms with Gasteiger partial charge in [-0.25, -0.2) is 8.78 Å². The molecule has 6 heteroatoms. The van der Waals surface area contributed by atoms with Gasteiger partial charge in [-0.3, -0.25) is 9.52 Å². The van der Waals surface area contributed by atoms with Crippen LogP contribution in [0.2, 0.25) is 0 Å². The van der Waals surface area contributed by atoms with Gasteiger partial charge in [-0.15, -0.1) is 0 Å². The molecular formula is C13H16F2N2OS. The number of carbonyl (C=O) groups excluding carboxylic acids is 1. The molecule has 0 unspecified atom stereocenters. The summed E-state index contributed by atoms with van der Waals surface area (Å²) in [7, 11) is 0. The van der Waals surface area contributed by atoms with Gasteiger partial charge in [-0.2, -0.15) is 0 Å². The minimum atomic E-state index is -0.593. The summed E-state index contributed by atoms with van der Waals surface area (Å²) in [4.78, 5) is 11.8. The Labute approximate surface area is 115 Å². The summed E-state index contributed by atoms with van der Waals surface area (Å²) in [6, 6.07) is 3.46. The van der Waals surface area contributed by atoms with E-state index in [2.05, 4.69) is 10.0 Å². The summed E-state index contributed by atoms with van der Waals surface area (Å²) < 4.78 is 28.8. The molecule has 1 aromatic carbocycles. The van der Waals surface area contributed by atoms with Crippen molar-refractivity contribution in [2.75, 3.05) is 13.1 Å². The van der Waals surface area contributed by atoms with Crippen LogP contribution in [-0.4, -0.2) is 19.0 Å². The van der Waals surface area contributed by atoms with Crippen molar-refractivity contribution in [1.29, 1.82) is 0 Å². The molecule has 104 valence electrons. The van der Waals surface area contributed by atoms with Gasteiger partial charge in [0.05, 0.1) is 0 Å². The van der Waals surface area contributed by atoms with Crippen LogP contribution in [0.5, 0.6) is 0 Å². The summed E-state index contributed by atoms with van der Waals surface area (Å²) in [5.74, 6) is -0.850. The number of piperidine rings is 1. The van der Waals surface area contributed by atoms with E-state index in [0.717, 1.165) is 43.9 Å². The molecule has 1 aliphatic heterocycles. The topological polar surface area (TPSA) is 41.1 Å². The van der Waals surface area contributed by atoms with E-state index >= 15 is 0 Å². The molecule has 1 fully saturated rings. The molecule has 0 aromatic heterocycles. The van der Waals surface area contributed by atoms with E-state index in [0.29, 0.717) is 11.3 Å². The van der Waals surface area contributed by atoms with E-state index in [1.807, 2.05) is 0 Å². The van der Waals surface area contributed by atoms with Crippen LogP contribution in [0.1, 0.15) is 18.4 Å². The van der Waals surface area contributed by atoms with Gasteiger partial charge in [0, 0.05) is 17.7 Å². The zero-order valence-corrected chi connectivity index (χ0v) is 11.2. The third kappa shape index (κ3) is 4.18. The third-order valence-electron chi connectivity index (χ3n) is 3.13. The zero-order valence-electron chi connectivity index (χ0n) is 10.4. The Bertz CT molecular complexity index is 450. The summed E-state index contributed by atoms with van der Waals surface area (Å²) in [6.07, 6.45) is 1.66. The lowest BCUT2D eigenvalue weighted by atomic mass is 9.98. The highest BCUT2D eigenvalue weighted by atomic mass is 32.2. The Balaban J connectivity index is 1.78. The standard InChI is InChI=1S/C13H16F2N2OS/c14-11-2-1-10(12(15)7-11)8-19-17-13(18)9-3-5-16-6-4-9/h1-2,7,9,16H,3-6,8H2,(H,17,18). The molecule has 0 saturated carbocycles. The van der Waals surface area contributed by atoms with Gasteiger partial charge in [0.1, 0.15) is 11.6 Å². The maximum Gasteiger partial charge on any atom is 0.233 e. The fourth-order valence-electron chi connectivity index (χ4n) is 1.99. The lowest BCUT2D eigenvalue weighted by Crippen LogP contribution is -2.35. The van der Waals surface area contributed by atoms with Gasteiger partial charge in [0.25, 0.3) is 0 Å². The number of nitrogens with one attached hydrogen (secondary N) is 2. The first kappa shape index (κ1) is 14.3. The maximum absolute atomic E-state index is 13.4. The van der Waals surface area contributed by atoms with Crippen molar-refractivity contribution in [3.8, 4) is 0 Å². The maximum atomic E-state index is 13.4. The first-order valence-electron chi connectivity index (χ1n) is 6.23. The lowest BCUT2D eigenvalue weighted by Gasteiger charge is -2.21. The third-order valence-corrected chi connectivity index (χ3v) is 3.93. The number of halogens is 2. The number of hydrogen-bond donors (Lipinski definition) is 2. The van der Waals surface area contributed by atoms with E-state index in [1.54, 1.807) is 0 Å². The van der Waals surface area contributed by atoms with Crippen LogP contribution in [0.15, 0.2) is 18.2 Å². The minimum absolute atomic E-state index is 0.00554. The van der Waals surface area contributed by atoms with Crippen LogP contribution < -0.4 is 10.0 Å². The quantitative estimate of drug-likeness (QED) is 0.834. The Hall–Kier alpha value is -1.14. The van der Waals surface area contributed by atoms with Crippen LogP contribution >= 0.6 is 11.9 Å². The number of amides is 1. The van der Waals surface area contributed by atoms with Gasteiger partial charge in [0.15, 0.2) is 0 Å². The molecule has 0 spiro atoms. The van der Waals surface area contributed by atoms with Crippen molar-refractivity contribution in [2.45, 2.75) is 18.6 Å². The van der Waals surface area contributed by atoms with Crippen LogP contribution in [0.3, 0.4) is 0 Å². The predicted octanol–water partition coefficient (Wildman–Crippen LogP) is 2.23. The molecule has 1 heterocycles. The lowest BCUT2D eigenvalue weighted by molar-refractivity contribution is -0.123. The molecule has 1 amide bonds. The molecule has 0 atom stereocenters. The van der Waals surface area contributed by atoms with E-state index in [-0.39, 0.29) is 11.8 Å². The number of hydrogen-bond acceptors (Lipinski definition) is 3. The van der Waals surface area contributed by atoms with Crippen LogP contribution in [0.4, 0.5) is 8.78 Å². The molecule has 1 aliphatic rings. The van der Waals surface area contributed by atoms with Gasteiger partial charge >= 0.3 is 0 Å². The molecule has 2 rings (SSSR count). The first-order valence-corrected chi connectivity index (χ1v) is 7.21. The number of benzene rings is 1. The highest BCUT2D eigenvalue weighted by Gasteiger charge is 2.20. The fraction of sp³-hybridized carbons (Fsp3) is 0.462. The van der Waals surface area contributed by atoms with E-state index < -0.39 is 11.6 Å². The second-order valence-corrected chi connectivity index (χ2v) is 5.30. The van der Waals surface area contributed by atoms with E-state index in [4.69, 9.17) is 0 Å². The first-order chi connectivity index (χ1) is 9.16. The van der Waals surface area contributed by atoms with Crippen molar-refractivity contribution in [3.63, 3.8) is 0 Å². The van der Waals surface area contributed by atoms with Crippen molar-refractivity contribution >= 4 is 17.9 Å². The second-order valence-electron chi connectivity index (χ2n) is 4.51. The Kier molecular flexibility index (Phi) is 5.15. The van der Waals surface area contributed by atoms with Crippen molar-refractivity contribution in [3.05, 3.63) is 35.4 Å². The molecular weight excluding hydrogens is 270 g/mol. The average Bonchev–Trinajstić information content (AvgIpc) is 2.42.